The second-order valence-corrected chi connectivity index (χ2v) is 5.34. The van der Waals surface area contributed by atoms with Gasteiger partial charge in [-0.15, -0.1) is 0 Å². The molecule has 0 unspecified atom stereocenters. The summed E-state index contributed by atoms with van der Waals surface area (Å²) in [5.41, 5.74) is 3.15. The Labute approximate surface area is 135 Å². The molecule has 6 nitrogen and oxygen atoms in total. The molecule has 2 N–H and O–H groups in total. The Morgan fingerprint density at radius 2 is 1.74 bits per heavy atom. The smallest absolute Gasteiger partial charge is 0.230 e. The summed E-state index contributed by atoms with van der Waals surface area (Å²) >= 11 is 0. The van der Waals surface area contributed by atoms with Gasteiger partial charge in [0.25, 0.3) is 0 Å². The Morgan fingerprint density at radius 3 is 2.39 bits per heavy atom. The third-order valence-electron chi connectivity index (χ3n) is 3.36. The van der Waals surface area contributed by atoms with Crippen LogP contribution in [0.1, 0.15) is 23.9 Å². The van der Waals surface area contributed by atoms with E-state index in [0.717, 1.165) is 29.4 Å². The van der Waals surface area contributed by atoms with Crippen LogP contribution in [0.4, 0.5) is 23.3 Å². The number of nitrogens with zero attached hydrogens (tertiary/aromatic N) is 3. The minimum absolute atomic E-state index is 0.478. The third kappa shape index (κ3) is 3.85. The number of hydrogen-bond donors (Lipinski definition) is 2. The number of benzene rings is 1. The van der Waals surface area contributed by atoms with E-state index in [-0.39, 0.29) is 0 Å². The quantitative estimate of drug-likeness (QED) is 0.738. The zero-order valence-corrected chi connectivity index (χ0v) is 13.4. The highest BCUT2D eigenvalue weighted by atomic mass is 16.5. The van der Waals surface area contributed by atoms with Crippen LogP contribution in [-0.4, -0.2) is 15.1 Å². The van der Waals surface area contributed by atoms with Crippen LogP contribution in [0.5, 0.6) is 0 Å². The number of hydrogen-bond acceptors (Lipinski definition) is 6. The SMILES string of the molecule is CCc1ccc(Nc2cc(C)nc(Nc3cc(C)on3)n2)cc1. The van der Waals surface area contributed by atoms with Crippen LogP contribution in [0, 0.1) is 13.8 Å². The van der Waals surface area contributed by atoms with Crippen molar-refractivity contribution in [3.63, 3.8) is 0 Å². The highest BCUT2D eigenvalue weighted by molar-refractivity contribution is 5.59. The lowest BCUT2D eigenvalue weighted by atomic mass is 10.1. The van der Waals surface area contributed by atoms with Gasteiger partial charge < -0.3 is 15.2 Å². The first kappa shape index (κ1) is 15.0. The minimum Gasteiger partial charge on any atom is -0.360 e. The molecule has 2 heterocycles. The molecule has 0 fully saturated rings. The number of aryl methyl sites for hydroxylation is 3. The van der Waals surface area contributed by atoms with E-state index in [1.165, 1.54) is 5.56 Å². The van der Waals surface area contributed by atoms with Gasteiger partial charge in [0.2, 0.25) is 5.95 Å². The molecule has 118 valence electrons. The lowest BCUT2D eigenvalue weighted by Gasteiger charge is -2.09. The molecule has 0 bridgehead atoms. The summed E-state index contributed by atoms with van der Waals surface area (Å²) in [6.45, 7) is 5.90. The van der Waals surface area contributed by atoms with Crippen molar-refractivity contribution in [1.82, 2.24) is 15.1 Å². The first-order valence-corrected chi connectivity index (χ1v) is 7.54. The average molecular weight is 309 g/mol. The Morgan fingerprint density at radius 1 is 0.957 bits per heavy atom. The molecule has 0 saturated carbocycles. The topological polar surface area (TPSA) is 75.9 Å². The Hall–Kier alpha value is -2.89. The van der Waals surface area contributed by atoms with E-state index in [2.05, 4.69) is 44.8 Å². The molecule has 1 aromatic carbocycles. The van der Waals surface area contributed by atoms with Gasteiger partial charge in [-0.2, -0.15) is 4.98 Å². The molecule has 3 rings (SSSR count). The van der Waals surface area contributed by atoms with Crippen LogP contribution in [0.15, 0.2) is 40.9 Å². The first-order chi connectivity index (χ1) is 11.1. The monoisotopic (exact) mass is 309 g/mol. The van der Waals surface area contributed by atoms with Crippen LogP contribution < -0.4 is 10.6 Å². The van der Waals surface area contributed by atoms with Gasteiger partial charge in [-0.3, -0.25) is 0 Å². The largest absolute Gasteiger partial charge is 0.360 e. The predicted octanol–water partition coefficient (Wildman–Crippen LogP) is 4.13. The number of rotatable bonds is 5. The summed E-state index contributed by atoms with van der Waals surface area (Å²) in [6, 6.07) is 12.0. The summed E-state index contributed by atoms with van der Waals surface area (Å²) in [6.07, 6.45) is 1.03. The molecule has 2 aromatic heterocycles. The summed E-state index contributed by atoms with van der Waals surface area (Å²) in [5.74, 6) is 2.52. The molecule has 0 aliphatic carbocycles. The van der Waals surface area contributed by atoms with Crippen molar-refractivity contribution in [3.8, 4) is 0 Å². The second-order valence-electron chi connectivity index (χ2n) is 5.34. The molecule has 0 aliphatic rings. The van der Waals surface area contributed by atoms with E-state index in [4.69, 9.17) is 4.52 Å². The molecular formula is C17H19N5O. The van der Waals surface area contributed by atoms with Gasteiger partial charge in [0.05, 0.1) is 0 Å². The summed E-state index contributed by atoms with van der Waals surface area (Å²) in [7, 11) is 0. The van der Waals surface area contributed by atoms with E-state index in [1.54, 1.807) is 6.07 Å². The number of aromatic nitrogens is 3. The molecule has 23 heavy (non-hydrogen) atoms. The van der Waals surface area contributed by atoms with Gasteiger partial charge in [-0.1, -0.05) is 24.2 Å². The van der Waals surface area contributed by atoms with Crippen LogP contribution in [-0.2, 0) is 6.42 Å². The molecular weight excluding hydrogens is 290 g/mol. The molecule has 0 amide bonds. The van der Waals surface area contributed by atoms with Crippen LogP contribution in [0.25, 0.3) is 0 Å². The molecule has 0 atom stereocenters. The Kier molecular flexibility index (Phi) is 4.23. The number of anilines is 4. The van der Waals surface area contributed by atoms with Gasteiger partial charge in [0.15, 0.2) is 5.82 Å². The molecule has 3 aromatic rings. The lowest BCUT2D eigenvalue weighted by molar-refractivity contribution is 0.400. The molecule has 0 radical (unpaired) electrons. The fraction of sp³-hybridized carbons (Fsp3) is 0.235. The van der Waals surface area contributed by atoms with E-state index >= 15 is 0 Å². The van der Waals surface area contributed by atoms with E-state index < -0.39 is 0 Å². The van der Waals surface area contributed by atoms with E-state index in [0.29, 0.717) is 11.8 Å². The van der Waals surface area contributed by atoms with Crippen molar-refractivity contribution in [3.05, 3.63) is 53.4 Å². The standard InChI is InChI=1S/C17H19N5O/c1-4-13-5-7-14(8-6-13)19-15-9-11(2)18-17(20-15)21-16-10-12(3)23-22-16/h5-10H,4H2,1-3H3,(H2,18,19,20,21,22). The normalized spacial score (nSPS) is 10.6. The highest BCUT2D eigenvalue weighted by Gasteiger charge is 2.06. The predicted molar refractivity (Wildman–Crippen MR) is 90.4 cm³/mol. The highest BCUT2D eigenvalue weighted by Crippen LogP contribution is 2.19. The van der Waals surface area contributed by atoms with Gasteiger partial charge in [0.1, 0.15) is 11.6 Å². The van der Waals surface area contributed by atoms with Gasteiger partial charge in [-0.05, 0) is 38.0 Å². The van der Waals surface area contributed by atoms with Gasteiger partial charge in [0, 0.05) is 23.5 Å². The van der Waals surface area contributed by atoms with Crippen LogP contribution in [0.2, 0.25) is 0 Å². The first-order valence-electron chi connectivity index (χ1n) is 7.54. The van der Waals surface area contributed by atoms with Gasteiger partial charge in [-0.25, -0.2) is 4.98 Å². The summed E-state index contributed by atoms with van der Waals surface area (Å²) in [4.78, 5) is 8.82. The van der Waals surface area contributed by atoms with Crippen molar-refractivity contribution >= 4 is 23.3 Å². The van der Waals surface area contributed by atoms with Gasteiger partial charge >= 0.3 is 0 Å². The Bertz CT molecular complexity index is 795. The van der Waals surface area contributed by atoms with Crippen molar-refractivity contribution in [1.29, 1.82) is 0 Å². The summed E-state index contributed by atoms with van der Waals surface area (Å²) in [5, 5.41) is 10.2. The third-order valence-corrected chi connectivity index (χ3v) is 3.36. The van der Waals surface area contributed by atoms with Crippen LogP contribution in [0.3, 0.4) is 0 Å². The molecule has 6 heteroatoms. The lowest BCUT2D eigenvalue weighted by Crippen LogP contribution is -2.02. The maximum Gasteiger partial charge on any atom is 0.230 e. The zero-order chi connectivity index (χ0) is 16.2. The minimum atomic E-state index is 0.478. The summed E-state index contributed by atoms with van der Waals surface area (Å²) < 4.78 is 5.03. The van der Waals surface area contributed by atoms with E-state index in [1.807, 2.05) is 32.0 Å². The van der Waals surface area contributed by atoms with Crippen molar-refractivity contribution in [2.24, 2.45) is 0 Å². The van der Waals surface area contributed by atoms with Crippen molar-refractivity contribution in [2.45, 2.75) is 27.2 Å². The molecule has 0 spiro atoms. The maximum atomic E-state index is 5.03. The molecule has 0 saturated heterocycles. The fourth-order valence-corrected chi connectivity index (χ4v) is 2.20. The molecule has 0 aliphatic heterocycles. The fourth-order valence-electron chi connectivity index (χ4n) is 2.20. The second kappa shape index (κ2) is 6.48. The average Bonchev–Trinajstić information content (AvgIpc) is 2.92. The van der Waals surface area contributed by atoms with Crippen molar-refractivity contribution in [2.75, 3.05) is 10.6 Å². The zero-order valence-electron chi connectivity index (χ0n) is 13.4. The Balaban J connectivity index is 1.79. The van der Waals surface area contributed by atoms with Crippen molar-refractivity contribution < 1.29 is 4.52 Å². The maximum absolute atomic E-state index is 5.03. The van der Waals surface area contributed by atoms with Crippen LogP contribution >= 0.6 is 0 Å². The van der Waals surface area contributed by atoms with E-state index in [9.17, 15) is 0 Å². The number of nitrogens with one attached hydrogen (secondary N) is 2.